The Bertz CT molecular complexity index is 1450. The van der Waals surface area contributed by atoms with Crippen LogP contribution < -0.4 is 10.1 Å². The van der Waals surface area contributed by atoms with Gasteiger partial charge in [0, 0.05) is 41.6 Å². The molecule has 2 aliphatic rings. The van der Waals surface area contributed by atoms with Crippen LogP contribution in [0.2, 0.25) is 0 Å². The number of piperidine rings is 1. The molecule has 2 aliphatic heterocycles. The minimum atomic E-state index is -0.0891. The lowest BCUT2D eigenvalue weighted by Gasteiger charge is -2.41. The van der Waals surface area contributed by atoms with Gasteiger partial charge in [0.25, 0.3) is 5.91 Å². The van der Waals surface area contributed by atoms with Crippen molar-refractivity contribution >= 4 is 16.8 Å². The minimum Gasteiger partial charge on any atom is -0.490 e. The summed E-state index contributed by atoms with van der Waals surface area (Å²) in [6.07, 6.45) is 4.22. The van der Waals surface area contributed by atoms with Crippen LogP contribution in [-0.2, 0) is 10.2 Å². The average Bonchev–Trinajstić information content (AvgIpc) is 3.42. The fraction of sp³-hybridized carbons (Fsp3) is 0.412. The molecule has 0 atom stereocenters. The van der Waals surface area contributed by atoms with Gasteiger partial charge in [0.1, 0.15) is 11.9 Å². The number of nitrogens with one attached hydrogen (secondary N) is 2. The van der Waals surface area contributed by atoms with Crippen LogP contribution in [0, 0.1) is 0 Å². The second-order valence-electron chi connectivity index (χ2n) is 11.4. The minimum absolute atomic E-state index is 0.0686. The molecule has 1 amide bonds. The van der Waals surface area contributed by atoms with Gasteiger partial charge in [-0.15, -0.1) is 0 Å². The van der Waals surface area contributed by atoms with Crippen LogP contribution in [0.25, 0.3) is 22.2 Å². The highest BCUT2D eigenvalue weighted by molar-refractivity contribution is 6.01. The van der Waals surface area contributed by atoms with Gasteiger partial charge in [0.15, 0.2) is 0 Å². The third-order valence-electron chi connectivity index (χ3n) is 9.20. The fourth-order valence-corrected chi connectivity index (χ4v) is 6.21. The number of carbonyl (C=O) groups is 1. The van der Waals surface area contributed by atoms with Crippen LogP contribution in [0.5, 0.6) is 5.75 Å². The van der Waals surface area contributed by atoms with Crippen molar-refractivity contribution in [2.75, 3.05) is 32.8 Å². The van der Waals surface area contributed by atoms with Crippen molar-refractivity contribution in [2.45, 2.75) is 57.1 Å². The van der Waals surface area contributed by atoms with E-state index in [4.69, 9.17) is 9.47 Å². The Labute approximate surface area is 242 Å². The van der Waals surface area contributed by atoms with Gasteiger partial charge in [0.05, 0.1) is 30.5 Å². The molecule has 214 valence electrons. The van der Waals surface area contributed by atoms with E-state index in [2.05, 4.69) is 70.7 Å². The summed E-state index contributed by atoms with van der Waals surface area (Å²) in [5, 5.41) is 11.9. The maximum Gasteiger partial charge on any atom is 0.251 e. The van der Waals surface area contributed by atoms with Gasteiger partial charge in [-0.3, -0.25) is 14.8 Å². The summed E-state index contributed by atoms with van der Waals surface area (Å²) in [4.78, 5) is 15.8. The number of ether oxygens (including phenoxy) is 2. The van der Waals surface area contributed by atoms with E-state index in [-0.39, 0.29) is 17.4 Å². The zero-order chi connectivity index (χ0) is 28.2. The van der Waals surface area contributed by atoms with Crippen molar-refractivity contribution in [3.8, 4) is 17.0 Å². The summed E-state index contributed by atoms with van der Waals surface area (Å²) in [5.41, 5.74) is 4.53. The topological polar surface area (TPSA) is 79.5 Å². The normalized spacial score (nSPS) is 16.9. The first-order valence-corrected chi connectivity index (χ1v) is 15.0. The van der Waals surface area contributed by atoms with E-state index >= 15 is 0 Å². The van der Waals surface area contributed by atoms with E-state index in [1.54, 1.807) is 0 Å². The van der Waals surface area contributed by atoms with E-state index in [0.717, 1.165) is 79.9 Å². The zero-order valence-corrected chi connectivity index (χ0v) is 24.1. The molecule has 3 aromatic carbocycles. The molecule has 7 nitrogen and oxygen atoms in total. The number of carbonyl (C=O) groups excluding carboxylic acids is 1. The average molecular weight is 553 g/mol. The SMILES string of the molecule is CCC(CC)(CNC(=O)c1ccc2[nH]nc(-c3ccc(OC4CCN(C5COC5)CC4)cc3)c2c1)c1ccccc1. The number of H-pyrrole nitrogens is 1. The smallest absolute Gasteiger partial charge is 0.251 e. The molecule has 7 heteroatoms. The van der Waals surface area contributed by atoms with E-state index in [1.807, 2.05) is 36.4 Å². The van der Waals surface area contributed by atoms with Crippen molar-refractivity contribution in [2.24, 2.45) is 0 Å². The Morgan fingerprint density at radius 3 is 2.41 bits per heavy atom. The van der Waals surface area contributed by atoms with Gasteiger partial charge in [-0.05, 0) is 73.7 Å². The van der Waals surface area contributed by atoms with Crippen LogP contribution in [0.1, 0.15) is 55.5 Å². The highest BCUT2D eigenvalue weighted by Crippen LogP contribution is 2.32. The highest BCUT2D eigenvalue weighted by atomic mass is 16.5. The molecule has 0 bridgehead atoms. The first-order chi connectivity index (χ1) is 20.1. The maximum atomic E-state index is 13.3. The number of likely N-dealkylation sites (tertiary alicyclic amines) is 1. The third kappa shape index (κ3) is 5.74. The van der Waals surface area contributed by atoms with E-state index in [0.29, 0.717) is 18.2 Å². The molecular formula is C34H40N4O3. The van der Waals surface area contributed by atoms with E-state index in [1.165, 1.54) is 5.56 Å². The molecule has 41 heavy (non-hydrogen) atoms. The van der Waals surface area contributed by atoms with Crippen LogP contribution in [-0.4, -0.2) is 66.0 Å². The molecule has 0 spiro atoms. The molecule has 2 fully saturated rings. The van der Waals surface area contributed by atoms with Crippen molar-refractivity contribution in [3.05, 3.63) is 83.9 Å². The van der Waals surface area contributed by atoms with Crippen molar-refractivity contribution in [1.29, 1.82) is 0 Å². The number of rotatable bonds is 10. The van der Waals surface area contributed by atoms with Gasteiger partial charge < -0.3 is 14.8 Å². The Balaban J connectivity index is 1.12. The first kappa shape index (κ1) is 27.5. The van der Waals surface area contributed by atoms with Crippen LogP contribution >= 0.6 is 0 Å². The van der Waals surface area contributed by atoms with Gasteiger partial charge in [0.2, 0.25) is 0 Å². The van der Waals surface area contributed by atoms with Crippen molar-refractivity contribution in [1.82, 2.24) is 20.4 Å². The number of aromatic nitrogens is 2. The predicted molar refractivity (Wildman–Crippen MR) is 162 cm³/mol. The zero-order valence-electron chi connectivity index (χ0n) is 24.1. The fourth-order valence-electron chi connectivity index (χ4n) is 6.21. The lowest BCUT2D eigenvalue weighted by molar-refractivity contribution is -0.0778. The van der Waals surface area contributed by atoms with Crippen LogP contribution in [0.3, 0.4) is 0 Å². The monoisotopic (exact) mass is 552 g/mol. The molecule has 3 heterocycles. The summed E-state index contributed by atoms with van der Waals surface area (Å²) < 4.78 is 11.7. The maximum absolute atomic E-state index is 13.3. The number of fused-ring (bicyclic) bond motifs is 1. The van der Waals surface area contributed by atoms with Crippen molar-refractivity contribution < 1.29 is 14.3 Å². The number of aromatic amines is 1. The Morgan fingerprint density at radius 1 is 1.02 bits per heavy atom. The molecule has 1 aromatic heterocycles. The van der Waals surface area contributed by atoms with Crippen LogP contribution in [0.4, 0.5) is 0 Å². The Kier molecular flexibility index (Phi) is 8.08. The third-order valence-corrected chi connectivity index (χ3v) is 9.20. The summed E-state index contributed by atoms with van der Waals surface area (Å²) in [7, 11) is 0. The Hall–Kier alpha value is -3.68. The predicted octanol–water partition coefficient (Wildman–Crippen LogP) is 5.96. The largest absolute Gasteiger partial charge is 0.490 e. The molecule has 0 saturated carbocycles. The summed E-state index contributed by atoms with van der Waals surface area (Å²) >= 11 is 0. The molecule has 0 unspecified atom stereocenters. The molecule has 0 radical (unpaired) electrons. The first-order valence-electron chi connectivity index (χ1n) is 15.0. The highest BCUT2D eigenvalue weighted by Gasteiger charge is 2.31. The molecule has 2 N–H and O–H groups in total. The quantitative estimate of drug-likeness (QED) is 0.254. The number of hydrogen-bond acceptors (Lipinski definition) is 5. The summed E-state index contributed by atoms with van der Waals surface area (Å²) in [6, 6.07) is 25.0. The number of amides is 1. The Morgan fingerprint density at radius 2 is 1.76 bits per heavy atom. The van der Waals surface area contributed by atoms with Crippen molar-refractivity contribution in [3.63, 3.8) is 0 Å². The second-order valence-corrected chi connectivity index (χ2v) is 11.4. The number of benzene rings is 3. The van der Waals surface area contributed by atoms with Gasteiger partial charge >= 0.3 is 0 Å². The number of nitrogens with zero attached hydrogens (tertiary/aromatic N) is 2. The lowest BCUT2D eigenvalue weighted by Crippen LogP contribution is -2.52. The lowest BCUT2D eigenvalue weighted by atomic mass is 9.76. The molecular weight excluding hydrogens is 512 g/mol. The molecule has 2 saturated heterocycles. The standard InChI is InChI=1S/C34H40N4O3/c1-3-34(4-2,26-8-6-5-7-9-26)23-35-33(39)25-12-15-31-30(20-25)32(37-36-31)24-10-13-28(14-11-24)41-29-16-18-38(19-17-29)27-21-40-22-27/h5-15,20,27,29H,3-4,16-19,21-23H2,1-2H3,(H,35,39)(H,36,37). The van der Waals surface area contributed by atoms with Crippen LogP contribution in [0.15, 0.2) is 72.8 Å². The summed E-state index contributed by atoms with van der Waals surface area (Å²) in [5.74, 6) is 0.814. The molecule has 0 aliphatic carbocycles. The number of hydrogen-bond donors (Lipinski definition) is 2. The molecule has 6 rings (SSSR count). The summed E-state index contributed by atoms with van der Waals surface area (Å²) in [6.45, 7) is 8.84. The molecule has 4 aromatic rings. The van der Waals surface area contributed by atoms with Gasteiger partial charge in [-0.25, -0.2) is 0 Å². The van der Waals surface area contributed by atoms with E-state index < -0.39 is 0 Å². The van der Waals surface area contributed by atoms with Gasteiger partial charge in [-0.2, -0.15) is 5.10 Å². The second kappa shape index (κ2) is 12.0. The van der Waals surface area contributed by atoms with Gasteiger partial charge in [-0.1, -0.05) is 44.2 Å². The van der Waals surface area contributed by atoms with E-state index in [9.17, 15) is 4.79 Å².